The molecule has 1 aliphatic heterocycles. The molecule has 0 aliphatic carbocycles. The number of nitrogens with two attached hydrogens (primary N) is 1. The van der Waals surface area contributed by atoms with Gasteiger partial charge in [0.2, 0.25) is 5.91 Å². The Morgan fingerprint density at radius 1 is 1.56 bits per heavy atom. The van der Waals surface area contributed by atoms with Crippen LogP contribution in [-0.4, -0.2) is 42.5 Å². The van der Waals surface area contributed by atoms with E-state index in [9.17, 15) is 4.79 Å². The van der Waals surface area contributed by atoms with Gasteiger partial charge in [0, 0.05) is 31.6 Å². The number of likely N-dealkylation sites (tertiary alicyclic amines) is 1. The molecule has 1 aliphatic rings. The van der Waals surface area contributed by atoms with E-state index in [0.29, 0.717) is 13.0 Å². The van der Waals surface area contributed by atoms with Crippen molar-refractivity contribution < 1.29 is 4.79 Å². The number of hydrogen-bond acceptors (Lipinski definition) is 3. The molecule has 0 aromatic heterocycles. The standard InChI is InChI=1S/C12H25N3O/c1-9(2)14-12(16)6-11(7-13)15-5-4-10(3)8-15/h9-11H,4-8,13H2,1-3H3,(H,14,16). The van der Waals surface area contributed by atoms with E-state index in [-0.39, 0.29) is 18.0 Å². The van der Waals surface area contributed by atoms with Crippen LogP contribution in [0.1, 0.15) is 33.6 Å². The minimum absolute atomic E-state index is 0.116. The fourth-order valence-electron chi connectivity index (χ4n) is 2.26. The quantitative estimate of drug-likeness (QED) is 0.722. The molecule has 94 valence electrons. The lowest BCUT2D eigenvalue weighted by Crippen LogP contribution is -2.43. The molecule has 2 atom stereocenters. The van der Waals surface area contributed by atoms with Gasteiger partial charge in [-0.25, -0.2) is 0 Å². The topological polar surface area (TPSA) is 58.4 Å². The van der Waals surface area contributed by atoms with E-state index in [4.69, 9.17) is 5.73 Å². The summed E-state index contributed by atoms with van der Waals surface area (Å²) in [6.45, 7) is 8.94. The van der Waals surface area contributed by atoms with Gasteiger partial charge in [-0.05, 0) is 32.7 Å². The molecular formula is C12H25N3O. The lowest BCUT2D eigenvalue weighted by molar-refractivity contribution is -0.122. The summed E-state index contributed by atoms with van der Waals surface area (Å²) in [6, 6.07) is 0.423. The first-order chi connectivity index (χ1) is 7.52. The highest BCUT2D eigenvalue weighted by Crippen LogP contribution is 2.18. The molecule has 4 heteroatoms. The number of nitrogens with zero attached hydrogens (tertiary/aromatic N) is 1. The predicted octanol–water partition coefficient (Wildman–Crippen LogP) is 0.570. The van der Waals surface area contributed by atoms with Gasteiger partial charge < -0.3 is 11.1 Å². The molecule has 1 fully saturated rings. The zero-order valence-corrected chi connectivity index (χ0v) is 10.7. The van der Waals surface area contributed by atoms with Crippen molar-refractivity contribution in [2.75, 3.05) is 19.6 Å². The number of rotatable bonds is 5. The Morgan fingerprint density at radius 2 is 2.25 bits per heavy atom. The normalized spacial score (nSPS) is 23.7. The SMILES string of the molecule is CC1CCN(C(CN)CC(=O)NC(C)C)C1. The summed E-state index contributed by atoms with van der Waals surface area (Å²) >= 11 is 0. The van der Waals surface area contributed by atoms with E-state index in [1.807, 2.05) is 13.8 Å². The lowest BCUT2D eigenvalue weighted by atomic mass is 10.1. The van der Waals surface area contributed by atoms with E-state index >= 15 is 0 Å². The highest BCUT2D eigenvalue weighted by atomic mass is 16.1. The first kappa shape index (κ1) is 13.5. The molecule has 0 radical (unpaired) electrons. The van der Waals surface area contributed by atoms with Crippen LogP contribution in [0.3, 0.4) is 0 Å². The van der Waals surface area contributed by atoms with Gasteiger partial charge in [0.25, 0.3) is 0 Å². The third-order valence-electron chi connectivity index (χ3n) is 3.11. The van der Waals surface area contributed by atoms with Crippen molar-refractivity contribution in [1.29, 1.82) is 0 Å². The van der Waals surface area contributed by atoms with Crippen LogP contribution >= 0.6 is 0 Å². The average Bonchev–Trinajstić information content (AvgIpc) is 2.60. The second-order valence-corrected chi connectivity index (χ2v) is 5.20. The first-order valence-electron chi connectivity index (χ1n) is 6.26. The summed E-state index contributed by atoms with van der Waals surface area (Å²) in [5, 5.41) is 2.92. The van der Waals surface area contributed by atoms with Gasteiger partial charge >= 0.3 is 0 Å². The summed E-state index contributed by atoms with van der Waals surface area (Å²) in [5.74, 6) is 0.854. The van der Waals surface area contributed by atoms with Crippen LogP contribution in [0.25, 0.3) is 0 Å². The Labute approximate surface area is 98.6 Å². The van der Waals surface area contributed by atoms with Gasteiger partial charge in [0.15, 0.2) is 0 Å². The van der Waals surface area contributed by atoms with Crippen molar-refractivity contribution in [2.24, 2.45) is 11.7 Å². The lowest BCUT2D eigenvalue weighted by Gasteiger charge is -2.26. The molecule has 0 spiro atoms. The van der Waals surface area contributed by atoms with Crippen LogP contribution in [0.2, 0.25) is 0 Å². The maximum atomic E-state index is 11.7. The molecule has 2 unspecified atom stereocenters. The number of nitrogens with one attached hydrogen (secondary N) is 1. The van der Waals surface area contributed by atoms with Crippen LogP contribution in [0.15, 0.2) is 0 Å². The average molecular weight is 227 g/mol. The van der Waals surface area contributed by atoms with Crippen LogP contribution in [0.4, 0.5) is 0 Å². The Bertz CT molecular complexity index is 230. The number of carbonyl (C=O) groups excluding carboxylic acids is 1. The summed E-state index contributed by atoms with van der Waals surface area (Å²) in [5.41, 5.74) is 5.76. The van der Waals surface area contributed by atoms with Crippen molar-refractivity contribution in [3.8, 4) is 0 Å². The molecule has 4 nitrogen and oxygen atoms in total. The molecule has 1 amide bonds. The van der Waals surface area contributed by atoms with E-state index in [2.05, 4.69) is 17.1 Å². The van der Waals surface area contributed by atoms with E-state index in [1.54, 1.807) is 0 Å². The van der Waals surface area contributed by atoms with Gasteiger partial charge in [-0.15, -0.1) is 0 Å². The summed E-state index contributed by atoms with van der Waals surface area (Å²) in [7, 11) is 0. The third kappa shape index (κ3) is 4.10. The molecule has 1 saturated heterocycles. The number of amides is 1. The van der Waals surface area contributed by atoms with Crippen molar-refractivity contribution in [3.05, 3.63) is 0 Å². The highest BCUT2D eigenvalue weighted by molar-refractivity contribution is 5.76. The minimum Gasteiger partial charge on any atom is -0.354 e. The van der Waals surface area contributed by atoms with Crippen molar-refractivity contribution >= 4 is 5.91 Å². The Balaban J connectivity index is 2.39. The predicted molar refractivity (Wildman–Crippen MR) is 66.1 cm³/mol. The molecule has 0 aromatic carbocycles. The highest BCUT2D eigenvalue weighted by Gasteiger charge is 2.26. The Hall–Kier alpha value is -0.610. The van der Waals surface area contributed by atoms with Gasteiger partial charge in [-0.2, -0.15) is 0 Å². The van der Waals surface area contributed by atoms with E-state index in [0.717, 1.165) is 19.0 Å². The first-order valence-corrected chi connectivity index (χ1v) is 6.26. The molecule has 0 aromatic rings. The number of carbonyl (C=O) groups is 1. The Morgan fingerprint density at radius 3 is 2.69 bits per heavy atom. The van der Waals surface area contributed by atoms with Crippen molar-refractivity contribution in [1.82, 2.24) is 10.2 Å². The zero-order valence-electron chi connectivity index (χ0n) is 10.7. The molecule has 0 saturated carbocycles. The van der Waals surface area contributed by atoms with E-state index in [1.165, 1.54) is 6.42 Å². The smallest absolute Gasteiger partial charge is 0.221 e. The van der Waals surface area contributed by atoms with Gasteiger partial charge in [-0.3, -0.25) is 9.69 Å². The van der Waals surface area contributed by atoms with Gasteiger partial charge in [0.1, 0.15) is 0 Å². The van der Waals surface area contributed by atoms with E-state index < -0.39 is 0 Å². The molecule has 0 bridgehead atoms. The Kier molecular flexibility index (Phi) is 5.22. The second kappa shape index (κ2) is 6.21. The molecule has 3 N–H and O–H groups in total. The van der Waals surface area contributed by atoms with Crippen LogP contribution in [-0.2, 0) is 4.79 Å². The van der Waals surface area contributed by atoms with Gasteiger partial charge in [0.05, 0.1) is 0 Å². The third-order valence-corrected chi connectivity index (χ3v) is 3.11. The zero-order chi connectivity index (χ0) is 12.1. The number of hydrogen-bond donors (Lipinski definition) is 2. The summed E-state index contributed by atoms with van der Waals surface area (Å²) in [4.78, 5) is 14.0. The maximum Gasteiger partial charge on any atom is 0.221 e. The largest absolute Gasteiger partial charge is 0.354 e. The molecular weight excluding hydrogens is 202 g/mol. The second-order valence-electron chi connectivity index (χ2n) is 5.20. The van der Waals surface area contributed by atoms with Crippen LogP contribution in [0.5, 0.6) is 0 Å². The fraction of sp³-hybridized carbons (Fsp3) is 0.917. The van der Waals surface area contributed by atoms with Gasteiger partial charge in [-0.1, -0.05) is 6.92 Å². The fourth-order valence-corrected chi connectivity index (χ4v) is 2.26. The maximum absolute atomic E-state index is 11.7. The van der Waals surface area contributed by atoms with Crippen molar-refractivity contribution in [2.45, 2.75) is 45.7 Å². The molecule has 16 heavy (non-hydrogen) atoms. The van der Waals surface area contributed by atoms with Crippen LogP contribution < -0.4 is 11.1 Å². The van der Waals surface area contributed by atoms with Crippen molar-refractivity contribution in [3.63, 3.8) is 0 Å². The molecule has 1 rings (SSSR count). The molecule has 1 heterocycles. The van der Waals surface area contributed by atoms with Crippen LogP contribution in [0, 0.1) is 5.92 Å². The summed E-state index contributed by atoms with van der Waals surface area (Å²) < 4.78 is 0. The summed E-state index contributed by atoms with van der Waals surface area (Å²) in [6.07, 6.45) is 1.75. The minimum atomic E-state index is 0.116. The monoisotopic (exact) mass is 227 g/mol.